The molecule has 2 heterocycles. The van der Waals surface area contributed by atoms with Gasteiger partial charge in [0.2, 0.25) is 0 Å². The van der Waals surface area contributed by atoms with Crippen molar-refractivity contribution in [3.05, 3.63) is 53.6 Å². The Morgan fingerprint density at radius 1 is 0.971 bits per heavy atom. The fraction of sp³-hybridized carbons (Fsp3) is 0.440. The zero-order valence-electron chi connectivity index (χ0n) is 20.1. The third kappa shape index (κ3) is 5.37. The maximum absolute atomic E-state index is 13.4. The Balaban J connectivity index is 1.38. The Morgan fingerprint density at radius 3 is 2.40 bits per heavy atom. The molecule has 0 aliphatic carbocycles. The van der Waals surface area contributed by atoms with Crippen LogP contribution in [0.5, 0.6) is 5.75 Å². The molecule has 2 amide bonds. The number of carbonyl (C=O) groups excluding carboxylic acids is 2. The maximum atomic E-state index is 13.4. The minimum Gasteiger partial charge on any atom is -0.483 e. The number of carbonyl (C=O) groups is 2. The lowest BCUT2D eigenvalue weighted by atomic mass is 10.0. The number of aryl methyl sites for hydroxylation is 2. The van der Waals surface area contributed by atoms with E-state index in [1.54, 1.807) is 35.8 Å². The standard InChI is InChI=1S/C25H31N3O6S/c1-3-33-25(30)27-15-13-26(14-16-27)24(29)18-34-23-11-10-21(17-19(23)2)35(31,32)28-12-6-8-20-7-4-5-9-22(20)28/h4-5,7,9-11,17H,3,6,8,12-16,18H2,1-2H3. The van der Waals surface area contributed by atoms with Gasteiger partial charge in [-0.15, -0.1) is 0 Å². The molecule has 188 valence electrons. The number of nitrogens with zero attached hydrogens (tertiary/aromatic N) is 3. The molecule has 0 radical (unpaired) electrons. The third-order valence-corrected chi connectivity index (χ3v) is 8.12. The highest BCUT2D eigenvalue weighted by atomic mass is 32.2. The van der Waals surface area contributed by atoms with Crippen molar-refractivity contribution in [2.24, 2.45) is 0 Å². The number of amides is 2. The van der Waals surface area contributed by atoms with Crippen LogP contribution in [0.1, 0.15) is 24.5 Å². The molecule has 2 aromatic carbocycles. The summed E-state index contributed by atoms with van der Waals surface area (Å²) in [7, 11) is -3.72. The number of benzene rings is 2. The van der Waals surface area contributed by atoms with E-state index in [0.717, 1.165) is 24.1 Å². The summed E-state index contributed by atoms with van der Waals surface area (Å²) in [4.78, 5) is 27.8. The van der Waals surface area contributed by atoms with E-state index in [9.17, 15) is 18.0 Å². The normalized spacial score (nSPS) is 16.0. The molecule has 2 aliphatic rings. The van der Waals surface area contributed by atoms with Crippen molar-refractivity contribution in [1.82, 2.24) is 9.80 Å². The second-order valence-corrected chi connectivity index (χ2v) is 10.5. The molecule has 0 saturated carbocycles. The quantitative estimate of drug-likeness (QED) is 0.604. The number of piperazine rings is 1. The van der Waals surface area contributed by atoms with E-state index >= 15 is 0 Å². The first kappa shape index (κ1) is 24.8. The Kier molecular flexibility index (Phi) is 7.49. The zero-order valence-corrected chi connectivity index (χ0v) is 20.9. The van der Waals surface area contributed by atoms with Crippen molar-refractivity contribution in [2.45, 2.75) is 31.6 Å². The molecule has 0 N–H and O–H groups in total. The van der Waals surface area contributed by atoms with Gasteiger partial charge in [0.25, 0.3) is 15.9 Å². The van der Waals surface area contributed by atoms with E-state index in [2.05, 4.69) is 0 Å². The minimum atomic E-state index is -3.72. The van der Waals surface area contributed by atoms with Gasteiger partial charge >= 0.3 is 6.09 Å². The number of fused-ring (bicyclic) bond motifs is 1. The number of anilines is 1. The molecule has 0 unspecified atom stereocenters. The van der Waals surface area contributed by atoms with E-state index < -0.39 is 10.0 Å². The minimum absolute atomic E-state index is 0.161. The molecule has 1 fully saturated rings. The second kappa shape index (κ2) is 10.6. The molecule has 1 saturated heterocycles. The van der Waals surface area contributed by atoms with Crippen LogP contribution < -0.4 is 9.04 Å². The van der Waals surface area contributed by atoms with Crippen LogP contribution in [-0.2, 0) is 26.0 Å². The van der Waals surface area contributed by atoms with Crippen molar-refractivity contribution in [3.63, 3.8) is 0 Å². The molecule has 0 spiro atoms. The van der Waals surface area contributed by atoms with Gasteiger partial charge in [-0.3, -0.25) is 9.10 Å². The van der Waals surface area contributed by atoms with Gasteiger partial charge in [-0.05, 0) is 62.1 Å². The van der Waals surface area contributed by atoms with Gasteiger partial charge in [-0.2, -0.15) is 0 Å². The van der Waals surface area contributed by atoms with Crippen LogP contribution in [0.15, 0.2) is 47.4 Å². The Bertz CT molecular complexity index is 1190. The molecule has 2 aliphatic heterocycles. The highest BCUT2D eigenvalue weighted by Gasteiger charge is 2.29. The average Bonchev–Trinajstić information content (AvgIpc) is 2.87. The predicted octanol–water partition coefficient (Wildman–Crippen LogP) is 2.82. The second-order valence-electron chi connectivity index (χ2n) is 8.59. The summed E-state index contributed by atoms with van der Waals surface area (Å²) in [6.07, 6.45) is 1.27. The molecule has 2 aromatic rings. The van der Waals surface area contributed by atoms with Crippen LogP contribution in [0.25, 0.3) is 0 Å². The first-order valence-corrected chi connectivity index (χ1v) is 13.3. The zero-order chi connectivity index (χ0) is 25.0. The number of ether oxygens (including phenoxy) is 2. The van der Waals surface area contributed by atoms with Gasteiger partial charge in [-0.25, -0.2) is 13.2 Å². The molecule has 4 rings (SSSR count). The third-order valence-electron chi connectivity index (χ3n) is 6.31. The smallest absolute Gasteiger partial charge is 0.409 e. The van der Waals surface area contributed by atoms with Crippen molar-refractivity contribution < 1.29 is 27.5 Å². The van der Waals surface area contributed by atoms with E-state index in [1.807, 2.05) is 24.3 Å². The number of hydrogen-bond acceptors (Lipinski definition) is 6. The number of sulfonamides is 1. The van der Waals surface area contributed by atoms with Crippen LogP contribution in [0.2, 0.25) is 0 Å². The summed E-state index contributed by atoms with van der Waals surface area (Å²) in [6, 6.07) is 12.3. The van der Waals surface area contributed by atoms with E-state index in [0.29, 0.717) is 50.6 Å². The molecule has 0 aromatic heterocycles. The van der Waals surface area contributed by atoms with Crippen molar-refractivity contribution >= 4 is 27.7 Å². The van der Waals surface area contributed by atoms with Crippen LogP contribution in [0, 0.1) is 6.92 Å². The van der Waals surface area contributed by atoms with Crippen LogP contribution in [0.4, 0.5) is 10.5 Å². The first-order chi connectivity index (χ1) is 16.8. The predicted molar refractivity (Wildman–Crippen MR) is 131 cm³/mol. The largest absolute Gasteiger partial charge is 0.483 e. The Labute approximate surface area is 206 Å². The lowest BCUT2D eigenvalue weighted by molar-refractivity contribution is -0.134. The average molecular weight is 502 g/mol. The highest BCUT2D eigenvalue weighted by Crippen LogP contribution is 2.33. The number of para-hydroxylation sites is 1. The van der Waals surface area contributed by atoms with Crippen LogP contribution >= 0.6 is 0 Å². The summed E-state index contributed by atoms with van der Waals surface area (Å²) in [5, 5.41) is 0. The topological polar surface area (TPSA) is 96.5 Å². The molecule has 9 nitrogen and oxygen atoms in total. The Hall–Kier alpha value is -3.27. The lowest BCUT2D eigenvalue weighted by Crippen LogP contribution is -2.51. The van der Waals surface area contributed by atoms with Crippen molar-refractivity contribution in [3.8, 4) is 5.75 Å². The van der Waals surface area contributed by atoms with Gasteiger partial charge < -0.3 is 19.3 Å². The molecule has 10 heteroatoms. The van der Waals surface area contributed by atoms with Crippen LogP contribution in [-0.4, -0.2) is 76.2 Å². The lowest BCUT2D eigenvalue weighted by Gasteiger charge is -2.34. The summed E-state index contributed by atoms with van der Waals surface area (Å²) >= 11 is 0. The van der Waals surface area contributed by atoms with Crippen molar-refractivity contribution in [1.29, 1.82) is 0 Å². The number of rotatable bonds is 6. The fourth-order valence-electron chi connectivity index (χ4n) is 4.40. The summed E-state index contributed by atoms with van der Waals surface area (Å²) in [5.41, 5.74) is 2.39. The van der Waals surface area contributed by atoms with Crippen molar-refractivity contribution in [2.75, 3.05) is 50.2 Å². The van der Waals surface area contributed by atoms with Crippen LogP contribution in [0.3, 0.4) is 0 Å². The Morgan fingerprint density at radius 2 is 1.69 bits per heavy atom. The fourth-order valence-corrected chi connectivity index (χ4v) is 6.03. The van der Waals surface area contributed by atoms with Gasteiger partial charge in [0.15, 0.2) is 6.61 Å². The van der Waals surface area contributed by atoms with Gasteiger partial charge in [-0.1, -0.05) is 18.2 Å². The monoisotopic (exact) mass is 501 g/mol. The van der Waals surface area contributed by atoms with E-state index in [1.165, 1.54) is 10.4 Å². The molecule has 0 atom stereocenters. The molecule has 35 heavy (non-hydrogen) atoms. The van der Waals surface area contributed by atoms with Gasteiger partial charge in [0.05, 0.1) is 17.2 Å². The van der Waals surface area contributed by atoms with E-state index in [4.69, 9.17) is 9.47 Å². The molecular formula is C25H31N3O6S. The first-order valence-electron chi connectivity index (χ1n) is 11.8. The summed E-state index contributed by atoms with van der Waals surface area (Å²) < 4.78 is 39.0. The highest BCUT2D eigenvalue weighted by molar-refractivity contribution is 7.92. The van der Waals surface area contributed by atoms with Gasteiger partial charge in [0, 0.05) is 32.7 Å². The summed E-state index contributed by atoms with van der Waals surface area (Å²) in [5.74, 6) is 0.274. The maximum Gasteiger partial charge on any atom is 0.409 e. The van der Waals surface area contributed by atoms with E-state index in [-0.39, 0.29) is 23.5 Å². The molecular weight excluding hydrogens is 470 g/mol. The SMILES string of the molecule is CCOC(=O)N1CCN(C(=O)COc2ccc(S(=O)(=O)N3CCCc4ccccc43)cc2C)CC1. The summed E-state index contributed by atoms with van der Waals surface area (Å²) in [6.45, 7) is 5.76. The van der Waals surface area contributed by atoms with Gasteiger partial charge in [0.1, 0.15) is 5.75 Å². The molecule has 0 bridgehead atoms. The number of hydrogen-bond donors (Lipinski definition) is 0.